The number of hydrogen-bond acceptors (Lipinski definition) is 7. The quantitative estimate of drug-likeness (QED) is 0.536. The lowest BCUT2D eigenvalue weighted by molar-refractivity contribution is 0.0528. The minimum atomic E-state index is -0.462. The topological polar surface area (TPSA) is 91.4 Å². The van der Waals surface area contributed by atoms with Crippen molar-refractivity contribution in [3.63, 3.8) is 0 Å². The number of nitrogens with zero attached hydrogens (tertiary/aromatic N) is 3. The van der Waals surface area contributed by atoms with Crippen LogP contribution in [-0.2, 0) is 4.74 Å². The molecule has 0 aliphatic heterocycles. The number of nitrogens with one attached hydrogen (secondary N) is 3. The van der Waals surface area contributed by atoms with E-state index in [0.29, 0.717) is 24.5 Å². The number of rotatable bonds is 8. The van der Waals surface area contributed by atoms with Gasteiger partial charge in [-0.15, -0.1) is 0 Å². The second-order valence-corrected chi connectivity index (χ2v) is 9.78. The Labute approximate surface area is 191 Å². The second-order valence-electron chi connectivity index (χ2n) is 9.78. The maximum absolute atomic E-state index is 11.7. The molecule has 3 rings (SSSR count). The molecule has 1 heterocycles. The Balaban J connectivity index is 1.40. The average molecular weight is 443 g/mol. The fraction of sp³-hybridized carbons (Fsp3) is 0.625. The van der Waals surface area contributed by atoms with Gasteiger partial charge in [-0.05, 0) is 71.0 Å². The number of ether oxygens (including phenoxy) is 1. The van der Waals surface area contributed by atoms with Gasteiger partial charge in [0.1, 0.15) is 11.4 Å². The summed E-state index contributed by atoms with van der Waals surface area (Å²) >= 11 is 0. The summed E-state index contributed by atoms with van der Waals surface area (Å²) in [6.45, 7) is 7.88. The van der Waals surface area contributed by atoms with Gasteiger partial charge < -0.3 is 25.6 Å². The van der Waals surface area contributed by atoms with Gasteiger partial charge >= 0.3 is 6.09 Å². The Morgan fingerprint density at radius 3 is 2.50 bits per heavy atom. The maximum Gasteiger partial charge on any atom is 0.407 e. The van der Waals surface area contributed by atoms with E-state index >= 15 is 0 Å². The van der Waals surface area contributed by atoms with Gasteiger partial charge in [0.15, 0.2) is 0 Å². The van der Waals surface area contributed by atoms with Crippen LogP contribution >= 0.6 is 0 Å². The number of benzene rings is 1. The fourth-order valence-corrected chi connectivity index (χ4v) is 4.03. The largest absolute Gasteiger partial charge is 0.444 e. The Hall–Kier alpha value is -2.61. The number of aromatic nitrogens is 2. The van der Waals surface area contributed by atoms with E-state index in [4.69, 9.17) is 14.7 Å². The van der Waals surface area contributed by atoms with Crippen molar-refractivity contribution in [2.45, 2.75) is 58.1 Å². The van der Waals surface area contributed by atoms with Gasteiger partial charge in [0.25, 0.3) is 0 Å². The van der Waals surface area contributed by atoms with Crippen LogP contribution in [0.25, 0.3) is 10.9 Å². The smallest absolute Gasteiger partial charge is 0.407 e. The summed E-state index contributed by atoms with van der Waals surface area (Å²) in [6, 6.07) is 8.54. The van der Waals surface area contributed by atoms with Crippen LogP contribution in [0.15, 0.2) is 24.3 Å². The highest BCUT2D eigenvalue weighted by molar-refractivity contribution is 5.90. The molecule has 3 N–H and O–H groups in total. The molecule has 0 bridgehead atoms. The third kappa shape index (κ3) is 7.22. The van der Waals surface area contributed by atoms with E-state index < -0.39 is 5.60 Å². The van der Waals surface area contributed by atoms with Crippen molar-refractivity contribution in [3.8, 4) is 0 Å². The summed E-state index contributed by atoms with van der Waals surface area (Å²) < 4.78 is 5.24. The van der Waals surface area contributed by atoms with Crippen molar-refractivity contribution < 1.29 is 9.53 Å². The van der Waals surface area contributed by atoms with E-state index in [1.165, 1.54) is 0 Å². The van der Waals surface area contributed by atoms with Crippen LogP contribution in [0.5, 0.6) is 0 Å². The molecule has 0 unspecified atom stereocenters. The summed E-state index contributed by atoms with van der Waals surface area (Å²) in [5.74, 6) is 2.31. The number of carbonyl (C=O) groups excluding carboxylic acids is 1. The molecule has 8 heteroatoms. The zero-order valence-corrected chi connectivity index (χ0v) is 20.1. The van der Waals surface area contributed by atoms with Crippen LogP contribution < -0.4 is 20.9 Å². The number of alkyl carbamates (subject to hydrolysis) is 1. The summed E-state index contributed by atoms with van der Waals surface area (Å²) in [6.07, 6.45) is 4.18. The van der Waals surface area contributed by atoms with Gasteiger partial charge in [-0.3, -0.25) is 0 Å². The zero-order chi connectivity index (χ0) is 23.1. The Morgan fingerprint density at radius 2 is 1.81 bits per heavy atom. The van der Waals surface area contributed by atoms with Crippen LogP contribution in [0, 0.1) is 5.92 Å². The third-order valence-corrected chi connectivity index (χ3v) is 5.59. The molecular weight excluding hydrogens is 404 g/mol. The van der Waals surface area contributed by atoms with Crippen LogP contribution in [0.1, 0.15) is 46.5 Å². The van der Waals surface area contributed by atoms with E-state index in [-0.39, 0.29) is 6.09 Å². The van der Waals surface area contributed by atoms with Crippen LogP contribution in [0.2, 0.25) is 0 Å². The number of anilines is 2. The minimum absolute atomic E-state index is 0.362. The molecule has 0 atom stereocenters. The number of hydrogen-bond donors (Lipinski definition) is 3. The molecule has 1 saturated carbocycles. The monoisotopic (exact) mass is 442 g/mol. The number of carbonyl (C=O) groups is 1. The molecule has 0 saturated heterocycles. The van der Waals surface area contributed by atoms with E-state index in [1.54, 1.807) is 0 Å². The Bertz CT molecular complexity index is 888. The first kappa shape index (κ1) is 24.0. The predicted molar refractivity (Wildman–Crippen MR) is 130 cm³/mol. The second kappa shape index (κ2) is 10.8. The normalized spacial score (nSPS) is 18.9. The summed E-state index contributed by atoms with van der Waals surface area (Å²) in [7, 11) is 4.03. The molecule has 1 fully saturated rings. The highest BCUT2D eigenvalue weighted by Crippen LogP contribution is 2.28. The molecule has 8 nitrogen and oxygen atoms in total. The van der Waals surface area contributed by atoms with Gasteiger partial charge in [-0.1, -0.05) is 12.1 Å². The number of para-hydroxylation sites is 1. The third-order valence-electron chi connectivity index (χ3n) is 5.59. The zero-order valence-electron chi connectivity index (χ0n) is 20.1. The van der Waals surface area contributed by atoms with E-state index in [0.717, 1.165) is 55.5 Å². The SMILES string of the molecule is CN(C)c1nc(N[C@H]2CC[C@@H](CNCCNC(=O)OC(C)(C)C)CC2)nc2ccccc12. The molecule has 32 heavy (non-hydrogen) atoms. The van der Waals surface area contributed by atoms with Gasteiger partial charge in [0.2, 0.25) is 5.95 Å². The summed E-state index contributed by atoms with van der Waals surface area (Å²) in [5, 5.41) is 10.9. The fourth-order valence-electron chi connectivity index (χ4n) is 4.03. The van der Waals surface area contributed by atoms with Crippen molar-refractivity contribution in [3.05, 3.63) is 24.3 Å². The van der Waals surface area contributed by atoms with Crippen LogP contribution in [-0.4, -0.2) is 61.4 Å². The Morgan fingerprint density at radius 1 is 1.09 bits per heavy atom. The standard InChI is InChI=1S/C24H38N6O2/c1-24(2,3)32-23(31)26-15-14-25-16-17-10-12-18(13-11-17)27-22-28-20-9-7-6-8-19(20)21(29-22)30(4)5/h6-9,17-18,25H,10-16H2,1-5H3,(H,26,31)(H,27,28,29)/t17-,18+. The van der Waals surface area contributed by atoms with Gasteiger partial charge in [0.05, 0.1) is 5.52 Å². The Kier molecular flexibility index (Phi) is 8.12. The van der Waals surface area contributed by atoms with Crippen molar-refractivity contribution >= 4 is 28.8 Å². The van der Waals surface area contributed by atoms with E-state index in [9.17, 15) is 4.79 Å². The number of amides is 1. The lowest BCUT2D eigenvalue weighted by Crippen LogP contribution is -2.38. The van der Waals surface area contributed by atoms with E-state index in [2.05, 4.69) is 22.0 Å². The summed E-state index contributed by atoms with van der Waals surface area (Å²) in [5.41, 5.74) is 0.502. The van der Waals surface area contributed by atoms with E-state index in [1.807, 2.05) is 58.0 Å². The molecule has 176 valence electrons. The van der Waals surface area contributed by atoms with Crippen LogP contribution in [0.3, 0.4) is 0 Å². The molecule has 1 aliphatic rings. The lowest BCUT2D eigenvalue weighted by atomic mass is 9.86. The van der Waals surface area contributed by atoms with Gasteiger partial charge in [-0.25, -0.2) is 9.78 Å². The van der Waals surface area contributed by atoms with Crippen molar-refractivity contribution in [1.29, 1.82) is 0 Å². The minimum Gasteiger partial charge on any atom is -0.444 e. The first-order valence-electron chi connectivity index (χ1n) is 11.6. The van der Waals surface area contributed by atoms with Crippen molar-refractivity contribution in [1.82, 2.24) is 20.6 Å². The number of fused-ring (bicyclic) bond motifs is 1. The molecule has 1 aromatic carbocycles. The van der Waals surface area contributed by atoms with Gasteiger partial charge in [-0.2, -0.15) is 4.98 Å². The highest BCUT2D eigenvalue weighted by atomic mass is 16.6. The molecule has 1 amide bonds. The highest BCUT2D eigenvalue weighted by Gasteiger charge is 2.22. The molecule has 0 radical (unpaired) electrons. The van der Waals surface area contributed by atoms with Crippen LogP contribution in [0.4, 0.5) is 16.6 Å². The maximum atomic E-state index is 11.7. The molecular formula is C24H38N6O2. The lowest BCUT2D eigenvalue weighted by Gasteiger charge is -2.29. The molecule has 0 spiro atoms. The summed E-state index contributed by atoms with van der Waals surface area (Å²) in [4.78, 5) is 23.2. The first-order valence-corrected chi connectivity index (χ1v) is 11.6. The predicted octanol–water partition coefficient (Wildman–Crippen LogP) is 3.78. The molecule has 1 aliphatic carbocycles. The molecule has 2 aromatic rings. The molecule has 1 aromatic heterocycles. The first-order chi connectivity index (χ1) is 15.2. The average Bonchev–Trinajstić information content (AvgIpc) is 2.72. The van der Waals surface area contributed by atoms with Crippen molar-refractivity contribution in [2.75, 3.05) is 43.9 Å². The van der Waals surface area contributed by atoms with Crippen molar-refractivity contribution in [2.24, 2.45) is 5.92 Å². The van der Waals surface area contributed by atoms with Gasteiger partial charge in [0, 0.05) is 38.6 Å².